The van der Waals surface area contributed by atoms with Gasteiger partial charge in [-0.1, -0.05) is 119 Å². The van der Waals surface area contributed by atoms with Crippen LogP contribution >= 0.6 is 0 Å². The van der Waals surface area contributed by atoms with Crippen molar-refractivity contribution in [2.24, 2.45) is 0 Å². The smallest absolute Gasteiger partial charge is 0.306 e. The number of carbonyl (C=O) groups excluding carboxylic acids is 1. The van der Waals surface area contributed by atoms with E-state index in [1.807, 2.05) is 0 Å². The molecule has 1 aliphatic rings. The first kappa shape index (κ1) is 46.7. The van der Waals surface area contributed by atoms with Crippen LogP contribution in [0.5, 0.6) is 0 Å². The number of allylic oxidation sites excluding steroid dienone is 12. The Bertz CT molecular complexity index is 1000. The molecule has 51 heavy (non-hydrogen) atoms. The predicted octanol–water partition coefficient (Wildman–Crippen LogP) is 7.74. The Hall–Kier alpha value is -2.37. The second-order valence-corrected chi connectivity index (χ2v) is 13.0. The average Bonchev–Trinajstić information content (AvgIpc) is 3.13. The average molecular weight is 719 g/mol. The zero-order valence-corrected chi connectivity index (χ0v) is 31.6. The molecule has 9 heteroatoms. The summed E-state index contributed by atoms with van der Waals surface area (Å²) in [7, 11) is 0. The van der Waals surface area contributed by atoms with E-state index in [9.17, 15) is 25.2 Å². The van der Waals surface area contributed by atoms with Gasteiger partial charge in [-0.05, 0) is 70.6 Å². The fourth-order valence-corrected chi connectivity index (χ4v) is 5.29. The van der Waals surface area contributed by atoms with Gasteiger partial charge in [-0.3, -0.25) is 4.79 Å². The van der Waals surface area contributed by atoms with E-state index in [1.165, 1.54) is 25.7 Å². The van der Waals surface area contributed by atoms with Crippen molar-refractivity contribution in [1.82, 2.24) is 0 Å². The third kappa shape index (κ3) is 25.3. The summed E-state index contributed by atoms with van der Waals surface area (Å²) in [5.41, 5.74) is 0. The van der Waals surface area contributed by atoms with Crippen molar-refractivity contribution < 1.29 is 44.2 Å². The summed E-state index contributed by atoms with van der Waals surface area (Å²) < 4.78 is 22.6. The van der Waals surface area contributed by atoms with Crippen LogP contribution in [0.25, 0.3) is 0 Å². The van der Waals surface area contributed by atoms with Crippen LogP contribution in [0.2, 0.25) is 0 Å². The molecule has 0 saturated carbocycles. The Morgan fingerprint density at radius 2 is 1.20 bits per heavy atom. The molecular weight excluding hydrogens is 648 g/mol. The highest BCUT2D eigenvalue weighted by Gasteiger charge is 2.44. The number of esters is 1. The van der Waals surface area contributed by atoms with Crippen LogP contribution in [0.4, 0.5) is 0 Å². The monoisotopic (exact) mass is 719 g/mol. The summed E-state index contributed by atoms with van der Waals surface area (Å²) in [4.78, 5) is 12.7. The van der Waals surface area contributed by atoms with Gasteiger partial charge in [0.1, 0.15) is 30.5 Å². The van der Waals surface area contributed by atoms with Gasteiger partial charge < -0.3 is 39.4 Å². The lowest BCUT2D eigenvalue weighted by Crippen LogP contribution is -2.59. The minimum Gasteiger partial charge on any atom is -0.457 e. The Balaban J connectivity index is 2.38. The topological polar surface area (TPSA) is 135 Å². The van der Waals surface area contributed by atoms with Gasteiger partial charge in [-0.25, -0.2) is 0 Å². The van der Waals surface area contributed by atoms with E-state index >= 15 is 0 Å². The molecule has 4 N–H and O–H groups in total. The maximum absolute atomic E-state index is 12.7. The lowest BCUT2D eigenvalue weighted by atomic mass is 9.99. The van der Waals surface area contributed by atoms with Crippen molar-refractivity contribution in [1.29, 1.82) is 0 Å². The fraction of sp³-hybridized carbons (Fsp3) is 0.690. The number of ether oxygens (including phenoxy) is 4. The SMILES string of the molecule is CC/C=C\C/C=C\C/C=C\C/C=C\C/C=C\CCCC(=O)OC(COCCCCCCCC/C=C\CCC)COC1OC(CO)C(O)C(O)C1O. The molecule has 0 aromatic rings. The van der Waals surface area contributed by atoms with Crippen molar-refractivity contribution in [3.63, 3.8) is 0 Å². The lowest BCUT2D eigenvalue weighted by molar-refractivity contribution is -0.305. The van der Waals surface area contributed by atoms with Gasteiger partial charge in [0.2, 0.25) is 0 Å². The summed E-state index contributed by atoms with van der Waals surface area (Å²) in [5.74, 6) is -0.377. The molecule has 1 fully saturated rings. The molecule has 0 spiro atoms. The maximum Gasteiger partial charge on any atom is 0.306 e. The van der Waals surface area contributed by atoms with Crippen molar-refractivity contribution in [2.45, 2.75) is 160 Å². The molecule has 0 aromatic carbocycles. The highest BCUT2D eigenvalue weighted by atomic mass is 16.7. The Morgan fingerprint density at radius 1 is 0.647 bits per heavy atom. The summed E-state index contributed by atoms with van der Waals surface area (Å²) >= 11 is 0. The van der Waals surface area contributed by atoms with E-state index in [2.05, 4.69) is 86.8 Å². The molecule has 1 heterocycles. The Labute approximate surface area is 308 Å². The second kappa shape index (κ2) is 33.5. The number of hydrogen-bond acceptors (Lipinski definition) is 9. The van der Waals surface area contributed by atoms with Gasteiger partial charge in [-0.2, -0.15) is 0 Å². The van der Waals surface area contributed by atoms with Crippen molar-refractivity contribution in [2.75, 3.05) is 26.4 Å². The van der Waals surface area contributed by atoms with Crippen LogP contribution in [0.3, 0.4) is 0 Å². The quantitative estimate of drug-likeness (QED) is 0.0323. The van der Waals surface area contributed by atoms with E-state index in [4.69, 9.17) is 18.9 Å². The molecule has 9 nitrogen and oxygen atoms in total. The van der Waals surface area contributed by atoms with Gasteiger partial charge in [0.15, 0.2) is 6.29 Å². The van der Waals surface area contributed by atoms with Crippen LogP contribution in [0, 0.1) is 0 Å². The molecule has 6 unspecified atom stereocenters. The minimum atomic E-state index is -1.55. The Kier molecular flexibility index (Phi) is 30.6. The van der Waals surface area contributed by atoms with Gasteiger partial charge >= 0.3 is 5.97 Å². The van der Waals surface area contributed by atoms with Gasteiger partial charge in [0.25, 0.3) is 0 Å². The zero-order chi connectivity index (χ0) is 37.2. The summed E-state index contributed by atoms with van der Waals surface area (Å²) in [6, 6.07) is 0. The van der Waals surface area contributed by atoms with Crippen LogP contribution < -0.4 is 0 Å². The van der Waals surface area contributed by atoms with Crippen LogP contribution in [0.15, 0.2) is 72.9 Å². The number of hydrogen-bond donors (Lipinski definition) is 4. The number of unbranched alkanes of at least 4 members (excludes halogenated alkanes) is 8. The van der Waals surface area contributed by atoms with Crippen molar-refractivity contribution >= 4 is 5.97 Å². The van der Waals surface area contributed by atoms with Crippen molar-refractivity contribution in [3.8, 4) is 0 Å². The molecule has 1 aliphatic heterocycles. The van der Waals surface area contributed by atoms with Crippen molar-refractivity contribution in [3.05, 3.63) is 72.9 Å². The molecule has 0 bridgehead atoms. The molecule has 292 valence electrons. The Morgan fingerprint density at radius 3 is 1.82 bits per heavy atom. The standard InChI is InChI=1S/C42H70O9/c1-3-5-7-9-11-13-15-16-17-18-19-20-21-23-25-27-29-31-38(44)50-36(35-49-42-41(47)40(46)39(45)37(33-43)51-42)34-48-32-30-28-26-24-22-14-12-10-8-6-4-2/h5,7-8,10-11,13,16-17,19-20,23,25,36-37,39-43,45-47H,3-4,6,9,12,14-15,18,21-22,24,26-35H2,1-2H3/b7-5-,10-8-,13-11-,17-16-,20-19-,25-23-. The van der Waals surface area contributed by atoms with E-state index < -0.39 is 43.4 Å². The zero-order valence-electron chi connectivity index (χ0n) is 31.6. The molecule has 1 saturated heterocycles. The van der Waals surface area contributed by atoms with Crippen LogP contribution in [-0.2, 0) is 23.7 Å². The molecule has 0 aromatic heterocycles. The van der Waals surface area contributed by atoms with Crippen LogP contribution in [-0.4, -0.2) is 89.6 Å². The number of aliphatic hydroxyl groups is 4. The summed E-state index contributed by atoms with van der Waals surface area (Å²) in [6.45, 7) is 4.27. The largest absolute Gasteiger partial charge is 0.457 e. The van der Waals surface area contributed by atoms with Gasteiger partial charge in [-0.15, -0.1) is 0 Å². The third-order valence-corrected chi connectivity index (χ3v) is 8.34. The van der Waals surface area contributed by atoms with Gasteiger partial charge in [0.05, 0.1) is 19.8 Å². The molecule has 0 amide bonds. The summed E-state index contributed by atoms with van der Waals surface area (Å²) in [5, 5.41) is 39.9. The van der Waals surface area contributed by atoms with E-state index in [0.717, 1.165) is 70.6 Å². The molecular formula is C42H70O9. The normalized spacial score (nSPS) is 22.2. The molecule has 0 aliphatic carbocycles. The summed E-state index contributed by atoms with van der Waals surface area (Å²) in [6.07, 6.45) is 35.0. The lowest BCUT2D eigenvalue weighted by Gasteiger charge is -2.39. The second-order valence-electron chi connectivity index (χ2n) is 13.0. The van der Waals surface area contributed by atoms with E-state index in [0.29, 0.717) is 13.0 Å². The first-order valence-electron chi connectivity index (χ1n) is 19.5. The predicted molar refractivity (Wildman–Crippen MR) is 205 cm³/mol. The number of carbonyl (C=O) groups is 1. The highest BCUT2D eigenvalue weighted by Crippen LogP contribution is 2.22. The van der Waals surface area contributed by atoms with E-state index in [1.54, 1.807) is 0 Å². The van der Waals surface area contributed by atoms with Gasteiger partial charge in [0, 0.05) is 13.0 Å². The molecule has 6 atom stereocenters. The number of aliphatic hydroxyl groups excluding tert-OH is 4. The van der Waals surface area contributed by atoms with Crippen LogP contribution in [0.1, 0.15) is 123 Å². The first-order valence-corrected chi connectivity index (χ1v) is 19.5. The third-order valence-electron chi connectivity index (χ3n) is 8.34. The number of rotatable bonds is 31. The minimum absolute atomic E-state index is 0.113. The molecule has 0 radical (unpaired) electrons. The van der Waals surface area contributed by atoms with E-state index in [-0.39, 0.29) is 25.6 Å². The fourth-order valence-electron chi connectivity index (χ4n) is 5.29. The highest BCUT2D eigenvalue weighted by molar-refractivity contribution is 5.69. The first-order chi connectivity index (χ1) is 24.9. The maximum atomic E-state index is 12.7. The molecule has 1 rings (SSSR count).